The van der Waals surface area contributed by atoms with E-state index in [9.17, 15) is 8.42 Å². The van der Waals surface area contributed by atoms with E-state index >= 15 is 0 Å². The van der Waals surface area contributed by atoms with Crippen molar-refractivity contribution in [2.24, 2.45) is 0 Å². The third-order valence-corrected chi connectivity index (χ3v) is 7.51. The topological polar surface area (TPSA) is 113 Å². The van der Waals surface area contributed by atoms with Crippen LogP contribution in [0.3, 0.4) is 0 Å². The first-order valence-corrected chi connectivity index (χ1v) is 11.6. The molecule has 0 spiro atoms. The van der Waals surface area contributed by atoms with E-state index in [4.69, 9.17) is 4.74 Å². The minimum Gasteiger partial charge on any atom is -0.379 e. The summed E-state index contributed by atoms with van der Waals surface area (Å²) in [5.74, 6) is 1.11. The highest BCUT2D eigenvalue weighted by molar-refractivity contribution is 7.89. The zero-order valence-corrected chi connectivity index (χ0v) is 17.4. The van der Waals surface area contributed by atoms with Crippen LogP contribution in [0, 0.1) is 0 Å². The Morgan fingerprint density at radius 1 is 1.13 bits per heavy atom. The Kier molecular flexibility index (Phi) is 4.95. The van der Waals surface area contributed by atoms with Crippen LogP contribution in [0.15, 0.2) is 52.9 Å². The smallest absolute Gasteiger partial charge is 0.243 e. The summed E-state index contributed by atoms with van der Waals surface area (Å²) >= 11 is 1.55. The number of morpholine rings is 1. The first kappa shape index (κ1) is 19.1. The maximum absolute atomic E-state index is 13.0. The molecule has 1 saturated heterocycles. The lowest BCUT2D eigenvalue weighted by atomic mass is 10.3. The van der Waals surface area contributed by atoms with Gasteiger partial charge in [-0.25, -0.2) is 18.4 Å². The predicted octanol–water partition coefficient (Wildman–Crippen LogP) is 2.85. The number of nitrogens with one attached hydrogen (secondary N) is 2. The summed E-state index contributed by atoms with van der Waals surface area (Å²) in [6.07, 6.45) is 1.64. The van der Waals surface area contributed by atoms with Gasteiger partial charge in [-0.2, -0.15) is 9.40 Å². The van der Waals surface area contributed by atoms with Crippen molar-refractivity contribution in [3.05, 3.63) is 48.0 Å². The highest BCUT2D eigenvalue weighted by atomic mass is 32.2. The minimum absolute atomic E-state index is 0.225. The minimum atomic E-state index is -3.59. The van der Waals surface area contributed by atoms with Crippen molar-refractivity contribution in [2.45, 2.75) is 4.90 Å². The zero-order valence-electron chi connectivity index (χ0n) is 15.8. The summed E-state index contributed by atoms with van der Waals surface area (Å²) in [5, 5.41) is 12.2. The SMILES string of the molecule is O=S(=O)(c1cccc(Nc2nc(-c3cccs3)nc3cn[nH]c23)c1)N1CCOCC1. The second-order valence-corrected chi connectivity index (χ2v) is 9.56. The number of fused-ring (bicyclic) bond motifs is 1. The highest BCUT2D eigenvalue weighted by Crippen LogP contribution is 2.29. The van der Waals surface area contributed by atoms with Gasteiger partial charge in [0.05, 0.1) is 29.2 Å². The number of anilines is 2. The second-order valence-electron chi connectivity index (χ2n) is 6.67. The molecular formula is C19H18N6O3S2. The molecule has 9 nitrogen and oxygen atoms in total. The third kappa shape index (κ3) is 3.56. The number of hydrogen-bond acceptors (Lipinski definition) is 8. The van der Waals surface area contributed by atoms with Crippen LogP contribution in [0.2, 0.25) is 0 Å². The molecule has 2 N–H and O–H groups in total. The van der Waals surface area contributed by atoms with Gasteiger partial charge in [0.15, 0.2) is 11.6 Å². The van der Waals surface area contributed by atoms with E-state index in [-0.39, 0.29) is 4.90 Å². The summed E-state index contributed by atoms with van der Waals surface area (Å²) in [6.45, 7) is 1.51. The number of aromatic amines is 1. The van der Waals surface area contributed by atoms with Gasteiger partial charge in [-0.05, 0) is 29.6 Å². The molecule has 0 saturated carbocycles. The van der Waals surface area contributed by atoms with E-state index in [2.05, 4.69) is 25.5 Å². The van der Waals surface area contributed by atoms with Gasteiger partial charge in [0, 0.05) is 18.8 Å². The van der Waals surface area contributed by atoms with Crippen LogP contribution < -0.4 is 5.32 Å². The summed E-state index contributed by atoms with van der Waals surface area (Å²) in [7, 11) is -3.59. The molecule has 154 valence electrons. The van der Waals surface area contributed by atoms with Crippen molar-refractivity contribution >= 4 is 43.9 Å². The predicted molar refractivity (Wildman–Crippen MR) is 114 cm³/mol. The molecular weight excluding hydrogens is 424 g/mol. The van der Waals surface area contributed by atoms with Crippen molar-refractivity contribution in [2.75, 3.05) is 31.6 Å². The Bertz CT molecular complexity index is 1280. The molecule has 0 radical (unpaired) electrons. The Labute approximate surface area is 176 Å². The van der Waals surface area contributed by atoms with Crippen molar-refractivity contribution in [1.82, 2.24) is 24.5 Å². The number of benzene rings is 1. The first-order chi connectivity index (χ1) is 14.6. The summed E-state index contributed by atoms with van der Waals surface area (Å²) in [4.78, 5) is 10.3. The fourth-order valence-electron chi connectivity index (χ4n) is 3.25. The highest BCUT2D eigenvalue weighted by Gasteiger charge is 2.26. The summed E-state index contributed by atoms with van der Waals surface area (Å²) in [6, 6.07) is 10.6. The first-order valence-electron chi connectivity index (χ1n) is 9.31. The van der Waals surface area contributed by atoms with Crippen LogP contribution in [0.5, 0.6) is 0 Å². The zero-order chi connectivity index (χ0) is 20.6. The number of aromatic nitrogens is 4. The average molecular weight is 443 g/mol. The molecule has 3 aromatic heterocycles. The lowest BCUT2D eigenvalue weighted by molar-refractivity contribution is 0.0730. The van der Waals surface area contributed by atoms with E-state index < -0.39 is 10.0 Å². The molecule has 30 heavy (non-hydrogen) atoms. The summed E-state index contributed by atoms with van der Waals surface area (Å²) in [5.41, 5.74) is 1.93. The molecule has 4 heterocycles. The molecule has 11 heteroatoms. The maximum Gasteiger partial charge on any atom is 0.243 e. The quantitative estimate of drug-likeness (QED) is 0.489. The Hall–Kier alpha value is -2.86. The van der Waals surface area contributed by atoms with Crippen LogP contribution in [0.1, 0.15) is 0 Å². The van der Waals surface area contributed by atoms with Crippen LogP contribution in [0.4, 0.5) is 11.5 Å². The Balaban J connectivity index is 1.50. The number of H-pyrrole nitrogens is 1. The standard InChI is InChI=1S/C19H18N6O3S2/c26-30(27,25-6-8-28-9-7-25)14-4-1-3-13(11-14)21-19-17-15(12-20-24-17)22-18(23-19)16-5-2-10-29-16/h1-5,10-12H,6-9H2,(H,20,24)(H,21,22,23). The van der Waals surface area contributed by atoms with Gasteiger partial charge in [-0.3, -0.25) is 5.10 Å². The molecule has 0 unspecified atom stereocenters. The van der Waals surface area contributed by atoms with E-state index in [0.29, 0.717) is 54.7 Å². The molecule has 0 bridgehead atoms. The summed E-state index contributed by atoms with van der Waals surface area (Å²) < 4.78 is 32.7. The molecule has 5 rings (SSSR count). The normalized spacial score (nSPS) is 15.5. The van der Waals surface area contributed by atoms with Crippen LogP contribution in [0.25, 0.3) is 21.7 Å². The molecule has 0 aliphatic carbocycles. The number of ether oxygens (including phenoxy) is 1. The molecule has 0 amide bonds. The van der Waals surface area contributed by atoms with Gasteiger partial charge < -0.3 is 10.1 Å². The van der Waals surface area contributed by atoms with Gasteiger partial charge in [0.25, 0.3) is 0 Å². The third-order valence-electron chi connectivity index (χ3n) is 4.75. The van der Waals surface area contributed by atoms with Gasteiger partial charge in [-0.1, -0.05) is 12.1 Å². The fraction of sp³-hybridized carbons (Fsp3) is 0.211. The number of thiophene rings is 1. The van der Waals surface area contributed by atoms with Gasteiger partial charge in [-0.15, -0.1) is 11.3 Å². The van der Waals surface area contributed by atoms with Crippen LogP contribution in [-0.2, 0) is 14.8 Å². The molecule has 1 aliphatic rings. The lowest BCUT2D eigenvalue weighted by Crippen LogP contribution is -2.40. The number of hydrogen-bond donors (Lipinski definition) is 2. The molecule has 1 fully saturated rings. The maximum atomic E-state index is 13.0. The van der Waals surface area contributed by atoms with Crippen molar-refractivity contribution in [3.8, 4) is 10.7 Å². The van der Waals surface area contributed by atoms with Gasteiger partial charge in [0.1, 0.15) is 11.0 Å². The van der Waals surface area contributed by atoms with E-state index in [0.717, 1.165) is 4.88 Å². The second kappa shape index (κ2) is 7.76. The number of nitrogens with zero attached hydrogens (tertiary/aromatic N) is 4. The molecule has 4 aromatic rings. The van der Waals surface area contributed by atoms with Gasteiger partial charge >= 0.3 is 0 Å². The Morgan fingerprint density at radius 2 is 2.00 bits per heavy atom. The number of rotatable bonds is 5. The van der Waals surface area contributed by atoms with Crippen LogP contribution in [-0.4, -0.2) is 59.2 Å². The van der Waals surface area contributed by atoms with E-state index in [1.807, 2.05) is 17.5 Å². The Morgan fingerprint density at radius 3 is 2.80 bits per heavy atom. The lowest BCUT2D eigenvalue weighted by Gasteiger charge is -2.26. The van der Waals surface area contributed by atoms with Crippen molar-refractivity contribution in [3.63, 3.8) is 0 Å². The monoisotopic (exact) mass is 442 g/mol. The number of sulfonamides is 1. The fourth-order valence-corrected chi connectivity index (χ4v) is 5.37. The van der Waals surface area contributed by atoms with E-state index in [1.165, 1.54) is 4.31 Å². The largest absolute Gasteiger partial charge is 0.379 e. The molecule has 1 aliphatic heterocycles. The van der Waals surface area contributed by atoms with E-state index in [1.54, 1.807) is 41.8 Å². The molecule has 0 atom stereocenters. The molecule has 1 aromatic carbocycles. The van der Waals surface area contributed by atoms with Crippen molar-refractivity contribution in [1.29, 1.82) is 0 Å². The van der Waals surface area contributed by atoms with Gasteiger partial charge in [0.2, 0.25) is 10.0 Å². The average Bonchev–Trinajstić information content (AvgIpc) is 3.47. The van der Waals surface area contributed by atoms with Crippen LogP contribution >= 0.6 is 11.3 Å². The van der Waals surface area contributed by atoms with Crippen molar-refractivity contribution < 1.29 is 13.2 Å².